The van der Waals surface area contributed by atoms with E-state index in [0.717, 1.165) is 35.6 Å². The summed E-state index contributed by atoms with van der Waals surface area (Å²) in [6.45, 7) is 1.37. The van der Waals surface area contributed by atoms with Crippen LogP contribution >= 0.6 is 11.3 Å². The number of thiophene rings is 1. The third-order valence-corrected chi connectivity index (χ3v) is 7.55. The molecule has 0 atom stereocenters. The Balaban J connectivity index is 1.54. The van der Waals surface area contributed by atoms with E-state index in [1.54, 1.807) is 6.07 Å². The molecule has 0 bridgehead atoms. The van der Waals surface area contributed by atoms with Crippen molar-refractivity contribution in [3.05, 3.63) is 46.8 Å². The van der Waals surface area contributed by atoms with Gasteiger partial charge in [0.15, 0.2) is 0 Å². The monoisotopic (exact) mass is 449 g/mol. The minimum atomic E-state index is -4.45. The van der Waals surface area contributed by atoms with Crippen LogP contribution in [0.5, 0.6) is 0 Å². The third-order valence-electron chi connectivity index (χ3n) is 4.09. The van der Waals surface area contributed by atoms with Gasteiger partial charge in [-0.05, 0) is 36.4 Å². The van der Waals surface area contributed by atoms with Crippen molar-refractivity contribution in [3.63, 3.8) is 0 Å². The maximum atomic E-state index is 12.6. The summed E-state index contributed by atoms with van der Waals surface area (Å²) in [6, 6.07) is 6.53. The SMILES string of the molecule is O=C(NCc1ccc(S(=O)(=O)N2CCOCC2)s1)Nc1ccc(C(F)(F)F)cc1. The lowest BCUT2D eigenvalue weighted by Crippen LogP contribution is -2.40. The van der Waals surface area contributed by atoms with E-state index in [9.17, 15) is 26.4 Å². The number of halogens is 3. The van der Waals surface area contributed by atoms with Crippen molar-refractivity contribution in [1.82, 2.24) is 9.62 Å². The van der Waals surface area contributed by atoms with Crippen LogP contribution in [0.4, 0.5) is 23.7 Å². The van der Waals surface area contributed by atoms with Gasteiger partial charge in [0.2, 0.25) is 0 Å². The number of carbonyl (C=O) groups is 1. The van der Waals surface area contributed by atoms with Crippen molar-refractivity contribution in [2.45, 2.75) is 16.9 Å². The lowest BCUT2D eigenvalue weighted by atomic mass is 10.2. The molecule has 1 aliphatic heterocycles. The molecule has 2 amide bonds. The van der Waals surface area contributed by atoms with Gasteiger partial charge in [0.25, 0.3) is 10.0 Å². The lowest BCUT2D eigenvalue weighted by Gasteiger charge is -2.25. The summed E-state index contributed by atoms with van der Waals surface area (Å²) < 4.78 is 69.5. The van der Waals surface area contributed by atoms with Crippen molar-refractivity contribution in [1.29, 1.82) is 0 Å². The van der Waals surface area contributed by atoms with Crippen molar-refractivity contribution in [2.24, 2.45) is 0 Å². The summed E-state index contributed by atoms with van der Waals surface area (Å²) in [5, 5.41) is 4.97. The number of sulfonamides is 1. The van der Waals surface area contributed by atoms with Crippen LogP contribution in [-0.2, 0) is 27.5 Å². The van der Waals surface area contributed by atoms with Crippen LogP contribution in [0, 0.1) is 0 Å². The standard InChI is InChI=1S/C17H18F3N3O4S2/c18-17(19,20)12-1-3-13(4-2-12)22-16(24)21-11-14-5-6-15(28-14)29(25,26)23-7-9-27-10-8-23/h1-6H,7-11H2,(H2,21,22,24). The fraction of sp³-hybridized carbons (Fsp3) is 0.353. The van der Waals surface area contributed by atoms with Gasteiger partial charge in [-0.3, -0.25) is 0 Å². The fourth-order valence-corrected chi connectivity index (χ4v) is 5.45. The number of hydrogen-bond acceptors (Lipinski definition) is 5. The summed E-state index contributed by atoms with van der Waals surface area (Å²) >= 11 is 1.05. The first-order valence-electron chi connectivity index (χ1n) is 8.55. The smallest absolute Gasteiger partial charge is 0.379 e. The highest BCUT2D eigenvalue weighted by Gasteiger charge is 2.30. The van der Waals surface area contributed by atoms with Crippen molar-refractivity contribution >= 4 is 33.1 Å². The quantitative estimate of drug-likeness (QED) is 0.734. The zero-order valence-electron chi connectivity index (χ0n) is 15.0. The van der Waals surface area contributed by atoms with E-state index in [1.807, 2.05) is 0 Å². The summed E-state index contributed by atoms with van der Waals surface area (Å²) in [6.07, 6.45) is -4.45. The molecular formula is C17H18F3N3O4S2. The highest BCUT2D eigenvalue weighted by Crippen LogP contribution is 2.30. The maximum absolute atomic E-state index is 12.6. The highest BCUT2D eigenvalue weighted by atomic mass is 32.2. The molecule has 7 nitrogen and oxygen atoms in total. The van der Waals surface area contributed by atoms with Gasteiger partial charge in [-0.15, -0.1) is 11.3 Å². The first kappa shape index (κ1) is 21.6. The number of nitrogens with zero attached hydrogens (tertiary/aromatic N) is 1. The van der Waals surface area contributed by atoms with Crippen LogP contribution < -0.4 is 10.6 Å². The molecule has 2 heterocycles. The highest BCUT2D eigenvalue weighted by molar-refractivity contribution is 7.91. The summed E-state index contributed by atoms with van der Waals surface area (Å²) in [4.78, 5) is 12.6. The van der Waals surface area contributed by atoms with Crippen LogP contribution in [0.25, 0.3) is 0 Å². The van der Waals surface area contributed by atoms with Crippen LogP contribution in [0.2, 0.25) is 0 Å². The van der Waals surface area contributed by atoms with E-state index >= 15 is 0 Å². The predicted octanol–water partition coefficient (Wildman–Crippen LogP) is 3.11. The molecule has 0 saturated carbocycles. The molecule has 1 aromatic carbocycles. The largest absolute Gasteiger partial charge is 0.416 e. The Bertz CT molecular complexity index is 953. The lowest BCUT2D eigenvalue weighted by molar-refractivity contribution is -0.137. The number of hydrogen-bond donors (Lipinski definition) is 2. The van der Waals surface area contributed by atoms with E-state index in [2.05, 4.69) is 10.6 Å². The van der Waals surface area contributed by atoms with Gasteiger partial charge in [-0.25, -0.2) is 13.2 Å². The third kappa shape index (κ3) is 5.47. The number of anilines is 1. The van der Waals surface area contributed by atoms with Gasteiger partial charge in [0.05, 0.1) is 25.3 Å². The van der Waals surface area contributed by atoms with Crippen molar-refractivity contribution < 1.29 is 31.1 Å². The summed E-state index contributed by atoms with van der Waals surface area (Å²) in [5.41, 5.74) is -0.603. The fourth-order valence-electron chi connectivity index (χ4n) is 2.59. The number of urea groups is 1. The van der Waals surface area contributed by atoms with E-state index < -0.39 is 27.8 Å². The number of morpholine rings is 1. The van der Waals surface area contributed by atoms with Gasteiger partial charge >= 0.3 is 12.2 Å². The Hall–Kier alpha value is -2.15. The number of ether oxygens (including phenoxy) is 1. The van der Waals surface area contributed by atoms with Gasteiger partial charge < -0.3 is 15.4 Å². The van der Waals surface area contributed by atoms with E-state index in [0.29, 0.717) is 31.2 Å². The maximum Gasteiger partial charge on any atom is 0.416 e. The minimum Gasteiger partial charge on any atom is -0.379 e. The Morgan fingerprint density at radius 3 is 2.38 bits per heavy atom. The van der Waals surface area contributed by atoms with Crippen molar-refractivity contribution in [2.75, 3.05) is 31.6 Å². The molecule has 12 heteroatoms. The summed E-state index contributed by atoms with van der Waals surface area (Å²) in [7, 11) is -3.59. The molecule has 0 aliphatic carbocycles. The second kappa shape index (κ2) is 8.69. The van der Waals surface area contributed by atoms with E-state index in [4.69, 9.17) is 4.74 Å². The van der Waals surface area contributed by atoms with E-state index in [1.165, 1.54) is 10.4 Å². The zero-order valence-corrected chi connectivity index (χ0v) is 16.7. The molecule has 0 radical (unpaired) electrons. The molecule has 3 rings (SSSR count). The van der Waals surface area contributed by atoms with Crippen LogP contribution in [0.3, 0.4) is 0 Å². The van der Waals surface area contributed by atoms with Crippen molar-refractivity contribution in [3.8, 4) is 0 Å². The number of carbonyl (C=O) groups excluding carboxylic acids is 1. The molecule has 0 spiro atoms. The molecule has 0 unspecified atom stereocenters. The van der Waals surface area contributed by atoms with Crippen LogP contribution in [0.15, 0.2) is 40.6 Å². The topological polar surface area (TPSA) is 87.7 Å². The second-order valence-electron chi connectivity index (χ2n) is 6.12. The molecule has 1 fully saturated rings. The second-order valence-corrected chi connectivity index (χ2v) is 9.45. The Morgan fingerprint density at radius 2 is 1.76 bits per heavy atom. The summed E-state index contributed by atoms with van der Waals surface area (Å²) in [5.74, 6) is 0. The van der Waals surface area contributed by atoms with Gasteiger partial charge in [-0.1, -0.05) is 0 Å². The first-order chi connectivity index (χ1) is 13.7. The average molecular weight is 449 g/mol. The number of rotatable bonds is 5. The van der Waals surface area contributed by atoms with Gasteiger partial charge in [0.1, 0.15) is 4.21 Å². The molecule has 2 aromatic rings. The number of alkyl halides is 3. The van der Waals surface area contributed by atoms with Gasteiger partial charge in [-0.2, -0.15) is 17.5 Å². The van der Waals surface area contributed by atoms with Crippen LogP contribution in [0.1, 0.15) is 10.4 Å². The normalized spacial score (nSPS) is 15.8. The molecule has 158 valence electrons. The Kier molecular flexibility index (Phi) is 6.46. The predicted molar refractivity (Wildman–Crippen MR) is 101 cm³/mol. The number of benzene rings is 1. The first-order valence-corrected chi connectivity index (χ1v) is 10.8. The molecule has 1 aromatic heterocycles. The molecule has 1 aliphatic rings. The zero-order chi connectivity index (χ0) is 21.1. The van der Waals surface area contributed by atoms with Crippen LogP contribution in [-0.4, -0.2) is 45.1 Å². The van der Waals surface area contributed by atoms with Gasteiger partial charge in [0, 0.05) is 23.7 Å². The Labute approximate surface area is 169 Å². The number of amides is 2. The molecule has 2 N–H and O–H groups in total. The minimum absolute atomic E-state index is 0.0791. The molecule has 1 saturated heterocycles. The van der Waals surface area contributed by atoms with E-state index in [-0.39, 0.29) is 16.4 Å². The molecule has 29 heavy (non-hydrogen) atoms. The molecular weight excluding hydrogens is 431 g/mol. The average Bonchev–Trinajstić information content (AvgIpc) is 3.17. The Morgan fingerprint density at radius 1 is 1.10 bits per heavy atom. The number of nitrogens with one attached hydrogen (secondary N) is 2.